The van der Waals surface area contributed by atoms with Gasteiger partial charge < -0.3 is 20.2 Å². The van der Waals surface area contributed by atoms with Crippen molar-refractivity contribution in [3.8, 4) is 0 Å². The Morgan fingerprint density at radius 1 is 0.958 bits per heavy atom. The van der Waals surface area contributed by atoms with Crippen LogP contribution in [0.15, 0.2) is 12.1 Å². The van der Waals surface area contributed by atoms with Gasteiger partial charge in [-0.1, -0.05) is 0 Å². The van der Waals surface area contributed by atoms with Crippen LogP contribution in [-0.4, -0.2) is 71.3 Å². The van der Waals surface area contributed by atoms with Crippen molar-refractivity contribution in [3.63, 3.8) is 0 Å². The molecule has 2 atom stereocenters. The van der Waals surface area contributed by atoms with Crippen molar-refractivity contribution in [2.24, 2.45) is 0 Å². The lowest BCUT2D eigenvalue weighted by atomic mass is 10.0. The van der Waals surface area contributed by atoms with Crippen LogP contribution >= 0.6 is 0 Å². The van der Waals surface area contributed by atoms with Gasteiger partial charge in [0.25, 0.3) is 0 Å². The summed E-state index contributed by atoms with van der Waals surface area (Å²) in [6.45, 7) is 2.30. The Hall–Kier alpha value is -1.28. The monoisotopic (exact) mass is 342 g/mol. The molecule has 7 heteroatoms. The summed E-state index contributed by atoms with van der Waals surface area (Å²) in [5.74, 6) is -1.12. The van der Waals surface area contributed by atoms with Crippen molar-refractivity contribution in [3.05, 3.63) is 29.3 Å². The second-order valence-corrected chi connectivity index (χ2v) is 6.72. The van der Waals surface area contributed by atoms with E-state index in [1.54, 1.807) is 4.90 Å². The molecule has 2 saturated heterocycles. The zero-order valence-electron chi connectivity index (χ0n) is 13.5. The average Bonchev–Trinajstić information content (AvgIpc) is 3.06. The molecule has 2 aliphatic rings. The lowest BCUT2D eigenvalue weighted by Crippen LogP contribution is -2.55. The fourth-order valence-corrected chi connectivity index (χ4v) is 3.51. The van der Waals surface area contributed by atoms with Crippen LogP contribution in [0.4, 0.5) is 14.5 Å². The Kier molecular flexibility index (Phi) is 5.34. The minimum atomic E-state index is -1.17. The predicted octanol–water partition coefficient (Wildman–Crippen LogP) is 0.506. The molecule has 3 N–H and O–H groups in total. The number of β-amino-alcohol motifs (C(OH)–C–C–N with tert-alkyl or cyclic N) is 2. The van der Waals surface area contributed by atoms with Gasteiger partial charge in [0, 0.05) is 44.0 Å². The molecule has 5 nitrogen and oxygen atoms in total. The van der Waals surface area contributed by atoms with Crippen molar-refractivity contribution in [1.29, 1.82) is 0 Å². The van der Waals surface area contributed by atoms with Crippen LogP contribution in [0.2, 0.25) is 0 Å². The van der Waals surface area contributed by atoms with Crippen LogP contribution in [0.3, 0.4) is 0 Å². The molecule has 2 fully saturated rings. The zero-order valence-corrected chi connectivity index (χ0v) is 13.5. The van der Waals surface area contributed by atoms with Crippen LogP contribution in [0.25, 0.3) is 0 Å². The first kappa shape index (κ1) is 17.5. The number of halogens is 2. The number of anilines is 1. The van der Waals surface area contributed by atoms with Crippen LogP contribution in [0.5, 0.6) is 0 Å². The van der Waals surface area contributed by atoms with Gasteiger partial charge >= 0.3 is 0 Å². The van der Waals surface area contributed by atoms with Gasteiger partial charge in [-0.3, -0.25) is 4.90 Å². The molecule has 2 unspecified atom stereocenters. The number of benzene rings is 1. The topological polar surface area (TPSA) is 67.2 Å². The van der Waals surface area contributed by atoms with E-state index in [2.05, 4.69) is 0 Å². The van der Waals surface area contributed by atoms with Crippen molar-refractivity contribution in [2.45, 2.75) is 37.6 Å². The van der Waals surface area contributed by atoms with E-state index in [0.29, 0.717) is 12.2 Å². The highest BCUT2D eigenvalue weighted by Gasteiger charge is 2.33. The van der Waals surface area contributed by atoms with Crippen molar-refractivity contribution in [1.82, 2.24) is 4.90 Å². The Bertz CT molecular complexity index is 546. The summed E-state index contributed by atoms with van der Waals surface area (Å²) in [7, 11) is 0. The lowest BCUT2D eigenvalue weighted by molar-refractivity contribution is -0.109. The summed E-state index contributed by atoms with van der Waals surface area (Å²) < 4.78 is 28.6. The highest BCUT2D eigenvalue weighted by molar-refractivity contribution is 5.49. The zero-order chi connectivity index (χ0) is 17.3. The van der Waals surface area contributed by atoms with Crippen LogP contribution in [0, 0.1) is 11.6 Å². The van der Waals surface area contributed by atoms with Crippen LogP contribution in [0.1, 0.15) is 18.4 Å². The number of hydrogen-bond donors (Lipinski definition) is 3. The highest BCUT2D eigenvalue weighted by atomic mass is 19.1. The summed E-state index contributed by atoms with van der Waals surface area (Å²) in [6, 6.07) is 2.76. The van der Waals surface area contributed by atoms with E-state index in [1.807, 2.05) is 4.90 Å². The van der Waals surface area contributed by atoms with E-state index >= 15 is 0 Å². The van der Waals surface area contributed by atoms with Crippen molar-refractivity contribution >= 4 is 5.69 Å². The number of aliphatic hydroxyl groups excluding tert-OH is 3. The molecule has 0 saturated carbocycles. The van der Waals surface area contributed by atoms with E-state index in [9.17, 15) is 24.1 Å². The molecule has 2 heterocycles. The number of piperidine rings is 1. The summed E-state index contributed by atoms with van der Waals surface area (Å²) in [5.41, 5.74) is 0.603. The Labute approximate surface area is 140 Å². The summed E-state index contributed by atoms with van der Waals surface area (Å²) >= 11 is 0. The molecule has 134 valence electrons. The van der Waals surface area contributed by atoms with Gasteiger partial charge in [-0.25, -0.2) is 8.78 Å². The lowest BCUT2D eigenvalue weighted by Gasteiger charge is -2.36. The first-order valence-corrected chi connectivity index (χ1v) is 8.45. The third-order valence-electron chi connectivity index (χ3n) is 4.95. The smallest absolute Gasteiger partial charge is 0.131 e. The molecule has 0 aliphatic carbocycles. The fraction of sp³-hybridized carbons (Fsp3) is 0.647. The molecule has 0 spiro atoms. The summed E-state index contributed by atoms with van der Waals surface area (Å²) in [5, 5.41) is 28.9. The van der Waals surface area contributed by atoms with Gasteiger partial charge in [0.15, 0.2) is 0 Å². The summed E-state index contributed by atoms with van der Waals surface area (Å²) in [4.78, 5) is 3.68. The maximum Gasteiger partial charge on any atom is 0.131 e. The maximum absolute atomic E-state index is 14.3. The second-order valence-electron chi connectivity index (χ2n) is 6.72. The number of likely N-dealkylation sites (tertiary alicyclic amines) is 1. The number of nitrogens with zero attached hydrogens (tertiary/aromatic N) is 2. The molecule has 2 aliphatic heterocycles. The molecule has 3 rings (SSSR count). The number of rotatable bonds is 4. The molecule has 1 aromatic rings. The van der Waals surface area contributed by atoms with Gasteiger partial charge in [-0.15, -0.1) is 0 Å². The first-order valence-electron chi connectivity index (χ1n) is 8.45. The van der Waals surface area contributed by atoms with E-state index < -0.39 is 29.9 Å². The minimum absolute atomic E-state index is 0.0213. The minimum Gasteiger partial charge on any atom is -0.389 e. The van der Waals surface area contributed by atoms with Gasteiger partial charge in [-0.05, 0) is 31.4 Å². The van der Waals surface area contributed by atoms with E-state index in [-0.39, 0.29) is 25.1 Å². The van der Waals surface area contributed by atoms with Gasteiger partial charge in [0.1, 0.15) is 17.7 Å². The molecule has 0 radical (unpaired) electrons. The Morgan fingerprint density at radius 2 is 1.50 bits per heavy atom. The second kappa shape index (κ2) is 7.31. The number of hydrogen-bond acceptors (Lipinski definition) is 5. The Balaban J connectivity index is 1.65. The van der Waals surface area contributed by atoms with Crippen molar-refractivity contribution < 1.29 is 24.1 Å². The molecular weight excluding hydrogens is 318 g/mol. The van der Waals surface area contributed by atoms with Gasteiger partial charge in [0.05, 0.1) is 12.2 Å². The average molecular weight is 342 g/mol. The van der Waals surface area contributed by atoms with E-state index in [1.165, 1.54) is 12.1 Å². The largest absolute Gasteiger partial charge is 0.389 e. The van der Waals surface area contributed by atoms with Crippen LogP contribution < -0.4 is 4.90 Å². The van der Waals surface area contributed by atoms with Crippen molar-refractivity contribution in [2.75, 3.05) is 37.6 Å². The predicted molar refractivity (Wildman–Crippen MR) is 86.0 cm³/mol. The van der Waals surface area contributed by atoms with E-state index in [4.69, 9.17) is 0 Å². The molecule has 0 bridgehead atoms. The Morgan fingerprint density at radius 3 is 2.04 bits per heavy atom. The molecule has 24 heavy (non-hydrogen) atoms. The third kappa shape index (κ3) is 3.69. The SMILES string of the molecule is OC1CN(CCc2c(F)cc(N3CCCC3)cc2F)CC(O)C1O. The first-order chi connectivity index (χ1) is 11.5. The van der Waals surface area contributed by atoms with Gasteiger partial charge in [0.2, 0.25) is 0 Å². The fourth-order valence-electron chi connectivity index (χ4n) is 3.51. The molecule has 1 aromatic carbocycles. The van der Waals surface area contributed by atoms with E-state index in [0.717, 1.165) is 25.9 Å². The molecule has 0 aromatic heterocycles. The van der Waals surface area contributed by atoms with Gasteiger partial charge in [-0.2, -0.15) is 0 Å². The third-order valence-corrected chi connectivity index (χ3v) is 4.95. The normalized spacial score (nSPS) is 28.5. The molecule has 0 amide bonds. The van der Waals surface area contributed by atoms with Crippen LogP contribution in [-0.2, 0) is 6.42 Å². The molecular formula is C17H24F2N2O3. The highest BCUT2D eigenvalue weighted by Crippen LogP contribution is 2.26. The number of aliphatic hydroxyl groups is 3. The quantitative estimate of drug-likeness (QED) is 0.744. The maximum atomic E-state index is 14.3. The summed E-state index contributed by atoms with van der Waals surface area (Å²) in [6.07, 6.45) is -1.06. The standard InChI is InChI=1S/C17H24F2N2O3/c18-13-7-11(21-4-1-2-5-21)8-14(19)12(13)3-6-20-9-15(22)17(24)16(23)10-20/h7-8,15-17,22-24H,1-6,9-10H2.